The Bertz CT molecular complexity index is 333. The number of hydrogen-bond acceptors (Lipinski definition) is 1. The van der Waals surface area contributed by atoms with Crippen molar-refractivity contribution in [3.05, 3.63) is 28.8 Å². The molecule has 0 aliphatic rings. The van der Waals surface area contributed by atoms with E-state index >= 15 is 0 Å². The summed E-state index contributed by atoms with van der Waals surface area (Å²) in [6, 6.07) is 0. The van der Waals surface area contributed by atoms with Gasteiger partial charge in [0.2, 0.25) is 0 Å². The van der Waals surface area contributed by atoms with Gasteiger partial charge in [-0.1, -0.05) is 13.3 Å². The van der Waals surface area contributed by atoms with Crippen LogP contribution in [0.3, 0.4) is 0 Å². The Morgan fingerprint density at radius 2 is 1.43 bits per heavy atom. The minimum atomic E-state index is -1.86. The molecular weight excluding hydrogens is 198 g/mol. The van der Waals surface area contributed by atoms with E-state index in [-0.39, 0.29) is 12.0 Å². The summed E-state index contributed by atoms with van der Waals surface area (Å²) < 4.78 is 51.2. The molecule has 0 atom stereocenters. The molecule has 0 saturated carbocycles. The second kappa shape index (κ2) is 3.86. The molecule has 1 aromatic carbocycles. The van der Waals surface area contributed by atoms with Crippen LogP contribution in [0.1, 0.15) is 18.9 Å². The Kier molecular flexibility index (Phi) is 2.98. The fourth-order valence-electron chi connectivity index (χ4n) is 1.19. The molecule has 0 aliphatic heterocycles. The Labute approximate surface area is 78.5 Å². The van der Waals surface area contributed by atoms with Crippen molar-refractivity contribution in [2.45, 2.75) is 19.8 Å². The Morgan fingerprint density at radius 1 is 0.929 bits per heavy atom. The third-order valence-corrected chi connectivity index (χ3v) is 1.90. The maximum Gasteiger partial charge on any atom is 0.199 e. The smallest absolute Gasteiger partial charge is 0.199 e. The van der Waals surface area contributed by atoms with Crippen LogP contribution in [0.15, 0.2) is 0 Å². The van der Waals surface area contributed by atoms with Crippen LogP contribution in [-0.2, 0) is 6.42 Å². The zero-order chi connectivity index (χ0) is 10.9. The summed E-state index contributed by atoms with van der Waals surface area (Å²) >= 11 is 0. The van der Waals surface area contributed by atoms with Gasteiger partial charge in [-0.3, -0.25) is 0 Å². The van der Waals surface area contributed by atoms with Gasteiger partial charge in [0.1, 0.15) is 0 Å². The molecule has 0 heterocycles. The Morgan fingerprint density at radius 3 is 1.93 bits per heavy atom. The van der Waals surface area contributed by atoms with Crippen molar-refractivity contribution in [3.63, 3.8) is 0 Å². The zero-order valence-electron chi connectivity index (χ0n) is 7.50. The van der Waals surface area contributed by atoms with Crippen LogP contribution in [0.25, 0.3) is 0 Å². The van der Waals surface area contributed by atoms with E-state index in [1.165, 1.54) is 0 Å². The first-order valence-corrected chi connectivity index (χ1v) is 4.11. The average Bonchev–Trinajstić information content (AvgIpc) is 2.19. The molecule has 0 aliphatic carbocycles. The lowest BCUT2D eigenvalue weighted by atomic mass is 10.1. The highest BCUT2D eigenvalue weighted by atomic mass is 19.2. The highest BCUT2D eigenvalue weighted by molar-refractivity contribution is 5.49. The van der Waals surface area contributed by atoms with Crippen molar-refractivity contribution in [2.24, 2.45) is 0 Å². The summed E-state index contributed by atoms with van der Waals surface area (Å²) in [5, 5.41) is 0. The van der Waals surface area contributed by atoms with E-state index in [0.717, 1.165) is 0 Å². The van der Waals surface area contributed by atoms with E-state index in [1.54, 1.807) is 6.92 Å². The first-order valence-electron chi connectivity index (χ1n) is 4.11. The van der Waals surface area contributed by atoms with E-state index in [0.29, 0.717) is 6.42 Å². The van der Waals surface area contributed by atoms with Crippen LogP contribution in [-0.4, -0.2) is 0 Å². The highest BCUT2D eigenvalue weighted by Crippen LogP contribution is 2.26. The maximum absolute atomic E-state index is 13.0. The minimum Gasteiger partial charge on any atom is -0.396 e. The maximum atomic E-state index is 13.0. The lowest BCUT2D eigenvalue weighted by Gasteiger charge is -2.08. The first kappa shape index (κ1) is 10.8. The van der Waals surface area contributed by atoms with E-state index in [2.05, 4.69) is 0 Å². The van der Waals surface area contributed by atoms with Crippen LogP contribution in [0.5, 0.6) is 0 Å². The van der Waals surface area contributed by atoms with E-state index in [4.69, 9.17) is 5.73 Å². The molecule has 14 heavy (non-hydrogen) atoms. The van der Waals surface area contributed by atoms with Crippen LogP contribution in [0.4, 0.5) is 23.2 Å². The van der Waals surface area contributed by atoms with Crippen LogP contribution >= 0.6 is 0 Å². The van der Waals surface area contributed by atoms with Crippen LogP contribution in [0, 0.1) is 23.3 Å². The topological polar surface area (TPSA) is 26.0 Å². The van der Waals surface area contributed by atoms with Gasteiger partial charge in [0.05, 0.1) is 5.69 Å². The molecule has 1 nitrogen and oxygen atoms in total. The van der Waals surface area contributed by atoms with Gasteiger partial charge in [-0.2, -0.15) is 0 Å². The molecule has 0 radical (unpaired) electrons. The van der Waals surface area contributed by atoms with Gasteiger partial charge in [0.15, 0.2) is 23.3 Å². The molecule has 0 aromatic heterocycles. The van der Waals surface area contributed by atoms with E-state index in [9.17, 15) is 17.6 Å². The van der Waals surface area contributed by atoms with Gasteiger partial charge in [-0.05, 0) is 6.42 Å². The molecule has 1 aromatic rings. The normalized spacial score (nSPS) is 10.6. The number of anilines is 1. The Balaban J connectivity index is 3.43. The predicted octanol–water partition coefficient (Wildman–Crippen LogP) is 2.78. The number of nitrogens with two attached hydrogens (primary N) is 1. The number of nitrogen functional groups attached to an aromatic ring is 1. The summed E-state index contributed by atoms with van der Waals surface area (Å²) in [7, 11) is 0. The number of rotatable bonds is 2. The minimum absolute atomic E-state index is 0.0752. The zero-order valence-corrected chi connectivity index (χ0v) is 7.50. The average molecular weight is 207 g/mol. The van der Waals surface area contributed by atoms with Crippen LogP contribution in [0.2, 0.25) is 0 Å². The van der Waals surface area contributed by atoms with Gasteiger partial charge in [0, 0.05) is 5.56 Å². The molecule has 78 valence electrons. The number of benzene rings is 1. The largest absolute Gasteiger partial charge is 0.396 e. The third-order valence-electron chi connectivity index (χ3n) is 1.90. The summed E-state index contributed by atoms with van der Waals surface area (Å²) in [4.78, 5) is 0. The summed E-state index contributed by atoms with van der Waals surface area (Å²) in [6.45, 7) is 1.69. The van der Waals surface area contributed by atoms with E-state index in [1.807, 2.05) is 0 Å². The molecule has 0 spiro atoms. The summed E-state index contributed by atoms with van der Waals surface area (Å²) in [5.74, 6) is -6.59. The lowest BCUT2D eigenvalue weighted by Crippen LogP contribution is -2.08. The molecule has 5 heteroatoms. The Hall–Kier alpha value is -1.26. The molecule has 0 bridgehead atoms. The van der Waals surface area contributed by atoms with Crippen LogP contribution < -0.4 is 5.73 Å². The standard InChI is InChI=1S/C9H9F4N/c1-2-3-4-5(10)6(11)7(12)8(13)9(4)14/h2-3,14H2,1H3. The fourth-order valence-corrected chi connectivity index (χ4v) is 1.19. The first-order chi connectivity index (χ1) is 6.50. The fraction of sp³-hybridized carbons (Fsp3) is 0.333. The van der Waals surface area contributed by atoms with Crippen molar-refractivity contribution in [2.75, 3.05) is 5.73 Å². The second-order valence-corrected chi connectivity index (χ2v) is 2.90. The lowest BCUT2D eigenvalue weighted by molar-refractivity contribution is 0.406. The highest BCUT2D eigenvalue weighted by Gasteiger charge is 2.22. The summed E-state index contributed by atoms with van der Waals surface area (Å²) in [6.07, 6.45) is 0.539. The van der Waals surface area contributed by atoms with Crippen molar-refractivity contribution >= 4 is 5.69 Å². The van der Waals surface area contributed by atoms with Crippen molar-refractivity contribution in [1.29, 1.82) is 0 Å². The van der Waals surface area contributed by atoms with Gasteiger partial charge >= 0.3 is 0 Å². The van der Waals surface area contributed by atoms with Gasteiger partial charge in [-0.15, -0.1) is 0 Å². The van der Waals surface area contributed by atoms with Gasteiger partial charge in [-0.25, -0.2) is 17.6 Å². The van der Waals surface area contributed by atoms with Gasteiger partial charge in [0.25, 0.3) is 0 Å². The molecule has 0 saturated heterocycles. The second-order valence-electron chi connectivity index (χ2n) is 2.90. The van der Waals surface area contributed by atoms with Crippen molar-refractivity contribution < 1.29 is 17.6 Å². The SMILES string of the molecule is CCCc1c(N)c(F)c(F)c(F)c1F. The summed E-state index contributed by atoms with van der Waals surface area (Å²) in [5.41, 5.74) is 4.17. The third kappa shape index (κ3) is 1.54. The van der Waals surface area contributed by atoms with Crippen molar-refractivity contribution in [3.8, 4) is 0 Å². The molecule has 0 unspecified atom stereocenters. The molecule has 0 fully saturated rings. The molecule has 1 rings (SSSR count). The number of hydrogen-bond donors (Lipinski definition) is 1. The molecule has 0 amide bonds. The van der Waals surface area contributed by atoms with E-state index < -0.39 is 29.0 Å². The molecular formula is C9H9F4N. The van der Waals surface area contributed by atoms with Crippen molar-refractivity contribution in [1.82, 2.24) is 0 Å². The van der Waals surface area contributed by atoms with Gasteiger partial charge < -0.3 is 5.73 Å². The quantitative estimate of drug-likeness (QED) is 0.343. The predicted molar refractivity (Wildman–Crippen MR) is 44.7 cm³/mol. The number of halogens is 4. The molecule has 2 N–H and O–H groups in total. The monoisotopic (exact) mass is 207 g/mol.